The SMILES string of the molecule is CCCc1cccc(-c2nccc(N)n2)c1. The minimum Gasteiger partial charge on any atom is -0.384 e. The third kappa shape index (κ3) is 2.37. The molecule has 1 aromatic carbocycles. The molecule has 1 aromatic heterocycles. The highest BCUT2D eigenvalue weighted by Gasteiger charge is 2.02. The minimum atomic E-state index is 0.505. The van der Waals surface area contributed by atoms with Crippen LogP contribution in [0.5, 0.6) is 0 Å². The molecule has 0 aliphatic heterocycles. The lowest BCUT2D eigenvalue weighted by Crippen LogP contribution is -1.95. The Bertz CT molecular complexity index is 480. The van der Waals surface area contributed by atoms with Crippen LogP contribution in [-0.4, -0.2) is 9.97 Å². The number of nitrogen functional groups attached to an aromatic ring is 1. The molecule has 0 amide bonds. The maximum Gasteiger partial charge on any atom is 0.161 e. The molecule has 0 unspecified atom stereocenters. The number of rotatable bonds is 3. The third-order valence-corrected chi connectivity index (χ3v) is 2.40. The first kappa shape index (κ1) is 10.6. The monoisotopic (exact) mass is 213 g/mol. The first-order valence-corrected chi connectivity index (χ1v) is 5.47. The van der Waals surface area contributed by atoms with Gasteiger partial charge < -0.3 is 5.73 Å². The number of anilines is 1. The maximum absolute atomic E-state index is 5.64. The molecule has 0 bridgehead atoms. The molecule has 0 radical (unpaired) electrons. The van der Waals surface area contributed by atoms with Crippen molar-refractivity contribution in [3.8, 4) is 11.4 Å². The molecule has 0 saturated carbocycles. The van der Waals surface area contributed by atoms with Gasteiger partial charge in [0, 0.05) is 11.8 Å². The fourth-order valence-electron chi connectivity index (χ4n) is 1.67. The first-order valence-electron chi connectivity index (χ1n) is 5.47. The second kappa shape index (κ2) is 4.75. The van der Waals surface area contributed by atoms with Crippen molar-refractivity contribution in [3.05, 3.63) is 42.1 Å². The topological polar surface area (TPSA) is 51.8 Å². The van der Waals surface area contributed by atoms with Gasteiger partial charge in [-0.1, -0.05) is 31.5 Å². The van der Waals surface area contributed by atoms with Gasteiger partial charge in [0.1, 0.15) is 5.82 Å². The van der Waals surface area contributed by atoms with E-state index in [0.717, 1.165) is 18.4 Å². The van der Waals surface area contributed by atoms with Crippen molar-refractivity contribution in [1.82, 2.24) is 9.97 Å². The second-order valence-electron chi connectivity index (χ2n) is 3.76. The Morgan fingerprint density at radius 2 is 2.12 bits per heavy atom. The Morgan fingerprint density at radius 1 is 1.25 bits per heavy atom. The summed E-state index contributed by atoms with van der Waals surface area (Å²) in [6, 6.07) is 9.98. The first-order chi connectivity index (χ1) is 7.79. The molecule has 2 N–H and O–H groups in total. The zero-order chi connectivity index (χ0) is 11.4. The lowest BCUT2D eigenvalue weighted by Gasteiger charge is -2.03. The lowest BCUT2D eigenvalue weighted by molar-refractivity contribution is 0.922. The van der Waals surface area contributed by atoms with Gasteiger partial charge in [0.05, 0.1) is 0 Å². The molecule has 2 aromatic rings. The molecule has 0 fully saturated rings. The van der Waals surface area contributed by atoms with Crippen molar-refractivity contribution in [2.45, 2.75) is 19.8 Å². The molecule has 0 atom stereocenters. The fourth-order valence-corrected chi connectivity index (χ4v) is 1.67. The quantitative estimate of drug-likeness (QED) is 0.852. The highest BCUT2D eigenvalue weighted by atomic mass is 14.9. The van der Waals surface area contributed by atoms with Crippen LogP contribution < -0.4 is 5.73 Å². The van der Waals surface area contributed by atoms with Crippen LogP contribution in [0.1, 0.15) is 18.9 Å². The molecule has 2 rings (SSSR count). The summed E-state index contributed by atoms with van der Waals surface area (Å²) in [5, 5.41) is 0. The van der Waals surface area contributed by atoms with Crippen molar-refractivity contribution < 1.29 is 0 Å². The molecule has 0 spiro atoms. The Hall–Kier alpha value is -1.90. The molecule has 0 aliphatic carbocycles. The molecule has 0 saturated heterocycles. The zero-order valence-electron chi connectivity index (χ0n) is 9.35. The predicted octanol–water partition coefficient (Wildman–Crippen LogP) is 2.68. The fraction of sp³-hybridized carbons (Fsp3) is 0.231. The zero-order valence-corrected chi connectivity index (χ0v) is 9.35. The van der Waals surface area contributed by atoms with Gasteiger partial charge in [-0.15, -0.1) is 0 Å². The van der Waals surface area contributed by atoms with Crippen LogP contribution in [0.4, 0.5) is 5.82 Å². The molecule has 0 aliphatic rings. The predicted molar refractivity (Wildman–Crippen MR) is 65.9 cm³/mol. The third-order valence-electron chi connectivity index (χ3n) is 2.40. The molecule has 3 heteroatoms. The Morgan fingerprint density at radius 3 is 2.88 bits per heavy atom. The summed E-state index contributed by atoms with van der Waals surface area (Å²) in [7, 11) is 0. The van der Waals surface area contributed by atoms with Gasteiger partial charge in [-0.25, -0.2) is 9.97 Å². The van der Waals surface area contributed by atoms with Gasteiger partial charge in [-0.05, 0) is 24.1 Å². The number of nitrogens with zero attached hydrogens (tertiary/aromatic N) is 2. The number of benzene rings is 1. The number of nitrogens with two attached hydrogens (primary N) is 1. The molecule has 3 nitrogen and oxygen atoms in total. The maximum atomic E-state index is 5.64. The standard InChI is InChI=1S/C13H15N3/c1-2-4-10-5-3-6-11(9-10)13-15-8-7-12(14)16-13/h3,5-9H,2,4H2,1H3,(H2,14,15,16). The van der Waals surface area contributed by atoms with Crippen molar-refractivity contribution in [1.29, 1.82) is 0 Å². The van der Waals surface area contributed by atoms with E-state index in [1.165, 1.54) is 5.56 Å². The molecular weight excluding hydrogens is 198 g/mol. The number of hydrogen-bond acceptors (Lipinski definition) is 3. The summed E-state index contributed by atoms with van der Waals surface area (Å²) in [5.41, 5.74) is 7.98. The number of aryl methyl sites for hydroxylation is 1. The second-order valence-corrected chi connectivity index (χ2v) is 3.76. The Kier molecular flexibility index (Phi) is 3.15. The summed E-state index contributed by atoms with van der Waals surface area (Å²) in [6.07, 6.45) is 3.90. The van der Waals surface area contributed by atoms with Gasteiger partial charge in [-0.2, -0.15) is 0 Å². The van der Waals surface area contributed by atoms with Crippen molar-refractivity contribution in [2.24, 2.45) is 0 Å². The summed E-state index contributed by atoms with van der Waals surface area (Å²) >= 11 is 0. The lowest BCUT2D eigenvalue weighted by atomic mass is 10.1. The molecule has 1 heterocycles. The van der Waals surface area contributed by atoms with Crippen LogP contribution in [-0.2, 0) is 6.42 Å². The highest BCUT2D eigenvalue weighted by molar-refractivity contribution is 5.57. The molecule has 16 heavy (non-hydrogen) atoms. The van der Waals surface area contributed by atoms with Crippen molar-refractivity contribution >= 4 is 5.82 Å². The van der Waals surface area contributed by atoms with Crippen LogP contribution in [0.2, 0.25) is 0 Å². The van der Waals surface area contributed by atoms with Crippen LogP contribution in [0, 0.1) is 0 Å². The number of hydrogen-bond donors (Lipinski definition) is 1. The summed E-state index contributed by atoms with van der Waals surface area (Å²) in [5.74, 6) is 1.20. The minimum absolute atomic E-state index is 0.505. The van der Waals surface area contributed by atoms with E-state index in [9.17, 15) is 0 Å². The van der Waals surface area contributed by atoms with Crippen molar-refractivity contribution in [2.75, 3.05) is 5.73 Å². The average Bonchev–Trinajstić information content (AvgIpc) is 2.30. The van der Waals surface area contributed by atoms with E-state index in [2.05, 4.69) is 29.0 Å². The van der Waals surface area contributed by atoms with Gasteiger partial charge in [0.15, 0.2) is 5.82 Å². The van der Waals surface area contributed by atoms with Gasteiger partial charge in [0.2, 0.25) is 0 Å². The summed E-state index contributed by atoms with van der Waals surface area (Å²) in [4.78, 5) is 8.43. The van der Waals surface area contributed by atoms with E-state index in [1.807, 2.05) is 12.1 Å². The normalized spacial score (nSPS) is 10.3. The average molecular weight is 213 g/mol. The van der Waals surface area contributed by atoms with E-state index < -0.39 is 0 Å². The van der Waals surface area contributed by atoms with Gasteiger partial charge in [0.25, 0.3) is 0 Å². The van der Waals surface area contributed by atoms with Gasteiger partial charge in [-0.3, -0.25) is 0 Å². The van der Waals surface area contributed by atoms with Crippen LogP contribution in [0.25, 0.3) is 11.4 Å². The summed E-state index contributed by atoms with van der Waals surface area (Å²) in [6.45, 7) is 2.17. The van der Waals surface area contributed by atoms with Crippen molar-refractivity contribution in [3.63, 3.8) is 0 Å². The smallest absolute Gasteiger partial charge is 0.161 e. The van der Waals surface area contributed by atoms with Crippen LogP contribution >= 0.6 is 0 Å². The van der Waals surface area contributed by atoms with E-state index in [1.54, 1.807) is 12.3 Å². The molecular formula is C13H15N3. The van der Waals surface area contributed by atoms with E-state index in [4.69, 9.17) is 5.73 Å². The Labute approximate surface area is 95.4 Å². The Balaban J connectivity index is 2.36. The largest absolute Gasteiger partial charge is 0.384 e. The van der Waals surface area contributed by atoms with Crippen LogP contribution in [0.3, 0.4) is 0 Å². The van der Waals surface area contributed by atoms with Crippen LogP contribution in [0.15, 0.2) is 36.5 Å². The van der Waals surface area contributed by atoms with E-state index >= 15 is 0 Å². The van der Waals surface area contributed by atoms with E-state index in [0.29, 0.717) is 11.6 Å². The molecule has 82 valence electrons. The highest BCUT2D eigenvalue weighted by Crippen LogP contribution is 2.17. The van der Waals surface area contributed by atoms with E-state index in [-0.39, 0.29) is 0 Å². The summed E-state index contributed by atoms with van der Waals surface area (Å²) < 4.78 is 0. The van der Waals surface area contributed by atoms with Gasteiger partial charge >= 0.3 is 0 Å². The number of aromatic nitrogens is 2.